The summed E-state index contributed by atoms with van der Waals surface area (Å²) in [6.45, 7) is 35.4. The second kappa shape index (κ2) is 13.9. The van der Waals surface area contributed by atoms with Crippen LogP contribution in [0, 0.1) is 6.92 Å². The number of anilines is 8. The third-order valence-electron chi connectivity index (χ3n) is 16.0. The zero-order valence-electron chi connectivity index (χ0n) is 41.5. The van der Waals surface area contributed by atoms with Crippen LogP contribution in [0.15, 0.2) is 115 Å². The number of aryl methyl sites for hydroxylation is 1. The Hall–Kier alpha value is -5.22. The smallest absolute Gasteiger partial charge is 0.252 e. The third kappa shape index (κ3) is 6.35. The van der Waals surface area contributed by atoms with Gasteiger partial charge in [0.2, 0.25) is 0 Å². The summed E-state index contributed by atoms with van der Waals surface area (Å²) in [5.41, 5.74) is 22.7. The van der Waals surface area contributed by atoms with Crippen molar-refractivity contribution < 1.29 is 0 Å². The van der Waals surface area contributed by atoms with Crippen LogP contribution in [0.5, 0.6) is 0 Å². The van der Waals surface area contributed by atoms with Gasteiger partial charge in [-0.15, -0.1) is 0 Å². The van der Waals surface area contributed by atoms with Gasteiger partial charge in [-0.05, 0) is 159 Å². The Morgan fingerprint density at radius 1 is 0.438 bits per heavy atom. The van der Waals surface area contributed by atoms with Gasteiger partial charge >= 0.3 is 0 Å². The highest BCUT2D eigenvalue weighted by Crippen LogP contribution is 2.63. The van der Waals surface area contributed by atoms with Gasteiger partial charge in [0, 0.05) is 50.9 Å². The minimum atomic E-state index is -0.0440. The zero-order chi connectivity index (χ0) is 45.7. The summed E-state index contributed by atoms with van der Waals surface area (Å²) in [7, 11) is 0. The lowest BCUT2D eigenvalue weighted by molar-refractivity contribution is 0.330. The van der Waals surface area contributed by atoms with Gasteiger partial charge in [0.1, 0.15) is 0 Å². The van der Waals surface area contributed by atoms with E-state index in [0.29, 0.717) is 0 Å². The molecule has 0 saturated heterocycles. The molecule has 1 aliphatic carbocycles. The maximum atomic E-state index is 2.76. The lowest BCUT2D eigenvalue weighted by Crippen LogP contribution is -2.61. The quantitative estimate of drug-likeness (QED) is 0.164. The van der Waals surface area contributed by atoms with Crippen LogP contribution in [0.2, 0.25) is 0 Å². The summed E-state index contributed by atoms with van der Waals surface area (Å²) in [5.74, 6) is 0. The third-order valence-corrected chi connectivity index (χ3v) is 16.0. The molecule has 6 aromatic rings. The van der Waals surface area contributed by atoms with Crippen LogP contribution in [-0.2, 0) is 27.1 Å². The van der Waals surface area contributed by atoms with Crippen LogP contribution in [0.1, 0.15) is 150 Å². The standard InChI is InChI=1S/C60H70BN3/c1-38-33-52-54-53(34-38)63(44-25-19-40(20-26-44)56(5,6)7)51-37-45(64-49-29-21-41(57(8,9)10)35-46(49)59(14)31-16-32-60(59,64)15)27-28-47(51)61(54)48-36-42(58(11,12)13)22-30-50(48)62(52)43-23-17-39(18-24-43)55(2,3)4/h17-30,33-37H,16,31-32H2,1-15H3. The highest BCUT2D eigenvalue weighted by Gasteiger charge is 2.59. The van der Waals surface area contributed by atoms with E-state index in [9.17, 15) is 0 Å². The van der Waals surface area contributed by atoms with Gasteiger partial charge in [-0.2, -0.15) is 0 Å². The molecule has 0 radical (unpaired) electrons. The maximum Gasteiger partial charge on any atom is 0.252 e. The van der Waals surface area contributed by atoms with E-state index < -0.39 is 0 Å². The van der Waals surface area contributed by atoms with E-state index in [2.05, 4.69) is 234 Å². The molecule has 0 N–H and O–H groups in total. The molecule has 0 amide bonds. The lowest BCUT2D eigenvalue weighted by Gasteiger charge is -2.46. The van der Waals surface area contributed by atoms with Crippen molar-refractivity contribution in [2.45, 2.75) is 156 Å². The summed E-state index contributed by atoms with van der Waals surface area (Å²) >= 11 is 0. The highest BCUT2D eigenvalue weighted by molar-refractivity contribution is 7.00. The van der Waals surface area contributed by atoms with Gasteiger partial charge in [0.05, 0.1) is 5.54 Å². The molecule has 1 saturated carbocycles. The monoisotopic (exact) mass is 844 g/mol. The zero-order valence-corrected chi connectivity index (χ0v) is 41.5. The Labute approximate surface area is 386 Å². The van der Waals surface area contributed by atoms with Crippen molar-refractivity contribution in [1.29, 1.82) is 0 Å². The molecule has 3 heterocycles. The molecule has 328 valence electrons. The number of nitrogens with zero attached hydrogens (tertiary/aromatic N) is 3. The Morgan fingerprint density at radius 3 is 1.44 bits per heavy atom. The van der Waals surface area contributed by atoms with Crippen molar-refractivity contribution >= 4 is 68.6 Å². The summed E-state index contributed by atoms with van der Waals surface area (Å²) < 4.78 is 0. The first-order valence-corrected chi connectivity index (χ1v) is 24.1. The summed E-state index contributed by atoms with van der Waals surface area (Å²) in [5, 5.41) is 0. The molecule has 0 spiro atoms. The fourth-order valence-corrected chi connectivity index (χ4v) is 11.9. The van der Waals surface area contributed by atoms with Crippen molar-refractivity contribution in [2.75, 3.05) is 14.7 Å². The van der Waals surface area contributed by atoms with E-state index in [0.717, 1.165) is 0 Å². The Balaban J connectivity index is 1.25. The average molecular weight is 844 g/mol. The molecule has 64 heavy (non-hydrogen) atoms. The van der Waals surface area contributed by atoms with Gasteiger partial charge in [-0.25, -0.2) is 0 Å². The molecule has 3 nitrogen and oxygen atoms in total. The minimum Gasteiger partial charge on any atom is -0.334 e. The first-order valence-electron chi connectivity index (χ1n) is 24.1. The predicted octanol–water partition coefficient (Wildman–Crippen LogP) is 14.6. The second-order valence-electron chi connectivity index (χ2n) is 24.5. The molecule has 4 heteroatoms. The molecule has 4 aliphatic rings. The molecule has 0 aromatic heterocycles. The molecule has 2 atom stereocenters. The van der Waals surface area contributed by atoms with Gasteiger partial charge in [-0.1, -0.05) is 151 Å². The van der Waals surface area contributed by atoms with Crippen molar-refractivity contribution in [3.05, 3.63) is 149 Å². The largest absolute Gasteiger partial charge is 0.334 e. The average Bonchev–Trinajstić information content (AvgIpc) is 3.62. The molecule has 3 aliphatic heterocycles. The predicted molar refractivity (Wildman–Crippen MR) is 278 cm³/mol. The SMILES string of the molecule is Cc1cc2c3c(c1)N(c1ccc(C(C)(C)C)cc1)c1cc(N4c5ccc(C(C)(C)C)cc5C5(C)CCCC45C)ccc1B3c1cc(C(C)(C)C)ccc1N2c1ccc(C(C)(C)C)cc1. The van der Waals surface area contributed by atoms with E-state index in [1.54, 1.807) is 0 Å². The van der Waals surface area contributed by atoms with Crippen LogP contribution < -0.4 is 31.1 Å². The summed E-state index contributed by atoms with van der Waals surface area (Å²) in [4.78, 5) is 7.93. The lowest BCUT2D eigenvalue weighted by atomic mass is 9.33. The van der Waals surface area contributed by atoms with Crippen molar-refractivity contribution in [2.24, 2.45) is 0 Å². The fourth-order valence-electron chi connectivity index (χ4n) is 11.9. The second-order valence-corrected chi connectivity index (χ2v) is 24.5. The molecular formula is C60H70BN3. The fraction of sp³-hybridized carbons (Fsp3) is 0.400. The highest BCUT2D eigenvalue weighted by atomic mass is 15.3. The van der Waals surface area contributed by atoms with Crippen molar-refractivity contribution in [3.63, 3.8) is 0 Å². The van der Waals surface area contributed by atoms with Crippen LogP contribution in [-0.4, -0.2) is 12.3 Å². The van der Waals surface area contributed by atoms with Gasteiger partial charge in [-0.3, -0.25) is 0 Å². The molecule has 0 bridgehead atoms. The number of benzene rings is 6. The van der Waals surface area contributed by atoms with E-state index >= 15 is 0 Å². The van der Waals surface area contributed by atoms with E-state index in [1.807, 2.05) is 0 Å². The van der Waals surface area contributed by atoms with Gasteiger partial charge < -0.3 is 14.7 Å². The molecule has 6 aromatic carbocycles. The summed E-state index contributed by atoms with van der Waals surface area (Å²) in [6.07, 6.45) is 3.61. The van der Waals surface area contributed by atoms with Crippen molar-refractivity contribution in [1.82, 2.24) is 0 Å². The van der Waals surface area contributed by atoms with Crippen molar-refractivity contribution in [3.8, 4) is 0 Å². The van der Waals surface area contributed by atoms with Gasteiger partial charge in [0.25, 0.3) is 6.71 Å². The van der Waals surface area contributed by atoms with Crippen LogP contribution in [0.3, 0.4) is 0 Å². The number of hydrogen-bond donors (Lipinski definition) is 0. The first-order chi connectivity index (χ1) is 29.9. The number of fused-ring (bicyclic) bond motifs is 7. The number of rotatable bonds is 3. The normalized spacial score (nSPS) is 20.2. The topological polar surface area (TPSA) is 9.72 Å². The van der Waals surface area contributed by atoms with Crippen LogP contribution in [0.25, 0.3) is 0 Å². The Bertz CT molecular complexity index is 2840. The molecule has 2 unspecified atom stereocenters. The van der Waals surface area contributed by atoms with Crippen LogP contribution >= 0.6 is 0 Å². The summed E-state index contributed by atoms with van der Waals surface area (Å²) in [6, 6.07) is 46.0. The number of hydrogen-bond acceptors (Lipinski definition) is 3. The van der Waals surface area contributed by atoms with Crippen LogP contribution in [0.4, 0.5) is 45.5 Å². The first kappa shape index (κ1) is 42.7. The minimum absolute atomic E-state index is 0.00777. The Kier molecular flexibility index (Phi) is 9.28. The van der Waals surface area contributed by atoms with Gasteiger partial charge in [0.15, 0.2) is 0 Å². The Morgan fingerprint density at radius 2 is 0.906 bits per heavy atom. The molecule has 1 fully saturated rings. The van der Waals surface area contributed by atoms with E-state index in [1.165, 1.54) is 115 Å². The molecular weight excluding hydrogens is 773 g/mol. The molecule has 10 rings (SSSR count). The maximum absolute atomic E-state index is 2.76. The van der Waals surface area contributed by atoms with E-state index in [4.69, 9.17) is 0 Å². The van der Waals surface area contributed by atoms with E-state index in [-0.39, 0.29) is 39.3 Å².